The maximum atomic E-state index is 12.8. The Morgan fingerprint density at radius 3 is 2.16 bits per heavy atom. The van der Waals surface area contributed by atoms with Crippen molar-refractivity contribution in [2.24, 2.45) is 0 Å². The highest BCUT2D eigenvalue weighted by Crippen LogP contribution is 2.32. The average molecular weight is 550 g/mol. The van der Waals surface area contributed by atoms with Gasteiger partial charge in [0.25, 0.3) is 5.91 Å². The number of carbonyl (C=O) groups excluding carboxylic acids is 1. The van der Waals surface area contributed by atoms with Crippen LogP contribution in [0.5, 0.6) is 11.5 Å². The Bertz CT molecular complexity index is 1380. The summed E-state index contributed by atoms with van der Waals surface area (Å²) in [6, 6.07) is 16.9. The number of nitrogens with one attached hydrogen (secondary N) is 1. The molecule has 1 aliphatic heterocycles. The predicted molar refractivity (Wildman–Crippen MR) is 134 cm³/mol. The molecule has 1 unspecified atom stereocenters. The molecule has 1 amide bonds. The number of nitrogens with zero attached hydrogens (tertiary/aromatic N) is 2. The second kappa shape index (κ2) is 11.0. The van der Waals surface area contributed by atoms with Crippen LogP contribution in [0.3, 0.4) is 0 Å². The highest BCUT2D eigenvalue weighted by molar-refractivity contribution is 7.92. The number of benzene rings is 3. The number of sulfonamides is 1. The fraction of sp³-hybridized carbons (Fsp3) is 0.269. The zero-order chi connectivity index (χ0) is 27.5. The number of ether oxygens (including phenoxy) is 1. The SMILES string of the molecule is CS(=O)(=O)N(CC(C(=O)NO)N1CCc2ccccc2C1)c1ccc(Oc2ccc(C(F)(F)F)cc2)cc1. The summed E-state index contributed by atoms with van der Waals surface area (Å²) in [6.07, 6.45) is -2.78. The van der Waals surface area contributed by atoms with E-state index in [2.05, 4.69) is 0 Å². The topological polar surface area (TPSA) is 99.2 Å². The third-order valence-electron chi connectivity index (χ3n) is 6.29. The number of amides is 1. The van der Waals surface area contributed by atoms with Gasteiger partial charge in [-0.1, -0.05) is 24.3 Å². The summed E-state index contributed by atoms with van der Waals surface area (Å²) in [4.78, 5) is 14.5. The zero-order valence-electron chi connectivity index (χ0n) is 20.4. The number of anilines is 1. The summed E-state index contributed by atoms with van der Waals surface area (Å²) in [5.41, 5.74) is 3.27. The lowest BCUT2D eigenvalue weighted by molar-refractivity contribution is -0.137. The fourth-order valence-electron chi connectivity index (χ4n) is 4.34. The van der Waals surface area contributed by atoms with Crippen LogP contribution in [0.15, 0.2) is 72.8 Å². The number of alkyl halides is 3. The number of hydrogen-bond acceptors (Lipinski definition) is 6. The van der Waals surface area contributed by atoms with Crippen molar-refractivity contribution in [2.75, 3.05) is 23.7 Å². The molecule has 202 valence electrons. The minimum Gasteiger partial charge on any atom is -0.457 e. The van der Waals surface area contributed by atoms with E-state index in [4.69, 9.17) is 4.74 Å². The van der Waals surface area contributed by atoms with Crippen molar-refractivity contribution in [2.45, 2.75) is 25.2 Å². The van der Waals surface area contributed by atoms with E-state index < -0.39 is 33.7 Å². The minimum absolute atomic E-state index is 0.177. The molecule has 12 heteroatoms. The third kappa shape index (κ3) is 6.44. The molecule has 38 heavy (non-hydrogen) atoms. The van der Waals surface area contributed by atoms with Gasteiger partial charge in [0.2, 0.25) is 10.0 Å². The van der Waals surface area contributed by atoms with Crippen LogP contribution in [-0.2, 0) is 34.0 Å². The molecule has 0 bridgehead atoms. The summed E-state index contributed by atoms with van der Waals surface area (Å²) in [7, 11) is -3.85. The monoisotopic (exact) mass is 549 g/mol. The van der Waals surface area contributed by atoms with Gasteiger partial charge < -0.3 is 4.74 Å². The molecule has 1 heterocycles. The highest BCUT2D eigenvalue weighted by atomic mass is 32.2. The molecule has 0 fully saturated rings. The first-order chi connectivity index (χ1) is 18.0. The number of hydroxylamine groups is 1. The second-order valence-corrected chi connectivity index (χ2v) is 10.8. The van der Waals surface area contributed by atoms with Gasteiger partial charge in [-0.3, -0.25) is 19.2 Å². The van der Waals surface area contributed by atoms with Crippen LogP contribution < -0.4 is 14.5 Å². The Balaban J connectivity index is 1.53. The lowest BCUT2D eigenvalue weighted by Gasteiger charge is -2.36. The Hall–Kier alpha value is -3.61. The van der Waals surface area contributed by atoms with Crippen LogP contribution in [0.25, 0.3) is 0 Å². The van der Waals surface area contributed by atoms with E-state index in [1.165, 1.54) is 36.4 Å². The molecule has 0 spiro atoms. The van der Waals surface area contributed by atoms with E-state index in [1.54, 1.807) is 5.48 Å². The number of fused-ring (bicyclic) bond motifs is 1. The van der Waals surface area contributed by atoms with Gasteiger partial charge in [-0.05, 0) is 66.1 Å². The standard InChI is InChI=1S/C26H26F3N3O5S/c1-38(35,36)32(17-24(25(33)30-34)31-15-14-18-4-2-3-5-19(18)16-31)21-8-12-23(13-9-21)37-22-10-6-20(7-11-22)26(27,28)29/h2-13,24,34H,14-17H2,1H3,(H,30,33). The molecule has 0 saturated heterocycles. The van der Waals surface area contributed by atoms with Gasteiger partial charge in [-0.25, -0.2) is 13.9 Å². The molecule has 4 rings (SSSR count). The molecule has 3 aromatic rings. The number of hydrogen-bond donors (Lipinski definition) is 2. The fourth-order valence-corrected chi connectivity index (χ4v) is 5.26. The van der Waals surface area contributed by atoms with E-state index in [-0.39, 0.29) is 23.7 Å². The molecule has 8 nitrogen and oxygen atoms in total. The van der Waals surface area contributed by atoms with Crippen LogP contribution in [-0.4, -0.2) is 49.8 Å². The first-order valence-corrected chi connectivity index (χ1v) is 13.5. The molecule has 1 atom stereocenters. The Labute approximate surface area is 218 Å². The summed E-state index contributed by atoms with van der Waals surface area (Å²) < 4.78 is 70.5. The van der Waals surface area contributed by atoms with Crippen LogP contribution in [0.2, 0.25) is 0 Å². The van der Waals surface area contributed by atoms with E-state index in [1.807, 2.05) is 29.2 Å². The largest absolute Gasteiger partial charge is 0.457 e. The van der Waals surface area contributed by atoms with Crippen molar-refractivity contribution < 1.29 is 36.3 Å². The van der Waals surface area contributed by atoms with Crippen molar-refractivity contribution in [1.29, 1.82) is 0 Å². The van der Waals surface area contributed by atoms with Crippen molar-refractivity contribution in [3.8, 4) is 11.5 Å². The number of halogens is 3. The van der Waals surface area contributed by atoms with Gasteiger partial charge in [0.15, 0.2) is 0 Å². The summed E-state index contributed by atoms with van der Waals surface area (Å²) in [6.45, 7) is 0.644. The molecule has 0 aromatic heterocycles. The normalized spacial score (nSPS) is 14.9. The highest BCUT2D eigenvalue weighted by Gasteiger charge is 2.33. The van der Waals surface area contributed by atoms with Crippen LogP contribution >= 0.6 is 0 Å². The molecule has 2 N–H and O–H groups in total. The summed E-state index contributed by atoms with van der Waals surface area (Å²) in [5.74, 6) is -0.282. The van der Waals surface area contributed by atoms with Crippen molar-refractivity contribution >= 4 is 21.6 Å². The van der Waals surface area contributed by atoms with E-state index in [0.29, 0.717) is 19.5 Å². The maximum absolute atomic E-state index is 12.8. The summed E-state index contributed by atoms with van der Waals surface area (Å²) in [5, 5.41) is 9.38. The van der Waals surface area contributed by atoms with Crippen molar-refractivity contribution in [1.82, 2.24) is 10.4 Å². The van der Waals surface area contributed by atoms with Crippen LogP contribution in [0, 0.1) is 0 Å². The molecule has 0 radical (unpaired) electrons. The van der Waals surface area contributed by atoms with Gasteiger partial charge in [0.05, 0.1) is 24.1 Å². The van der Waals surface area contributed by atoms with Gasteiger partial charge in [-0.15, -0.1) is 0 Å². The second-order valence-electron chi connectivity index (χ2n) is 8.89. The van der Waals surface area contributed by atoms with E-state index in [0.717, 1.165) is 33.8 Å². The van der Waals surface area contributed by atoms with Crippen LogP contribution in [0.4, 0.5) is 18.9 Å². The first kappa shape index (κ1) is 27.4. The van der Waals surface area contributed by atoms with Gasteiger partial charge in [-0.2, -0.15) is 13.2 Å². The lowest BCUT2D eigenvalue weighted by atomic mass is 9.98. The van der Waals surface area contributed by atoms with Gasteiger partial charge in [0, 0.05) is 13.1 Å². The van der Waals surface area contributed by atoms with Crippen LogP contribution in [0.1, 0.15) is 16.7 Å². The lowest BCUT2D eigenvalue weighted by Crippen LogP contribution is -2.54. The smallest absolute Gasteiger partial charge is 0.416 e. The first-order valence-electron chi connectivity index (χ1n) is 11.6. The molecule has 0 saturated carbocycles. The van der Waals surface area contributed by atoms with Crippen molar-refractivity contribution in [3.63, 3.8) is 0 Å². The average Bonchev–Trinajstić information content (AvgIpc) is 2.88. The molecule has 3 aromatic carbocycles. The van der Waals surface area contributed by atoms with E-state index in [9.17, 15) is 31.6 Å². The van der Waals surface area contributed by atoms with E-state index >= 15 is 0 Å². The Kier molecular flexibility index (Phi) is 7.95. The van der Waals surface area contributed by atoms with Gasteiger partial charge in [0.1, 0.15) is 17.5 Å². The van der Waals surface area contributed by atoms with Crippen molar-refractivity contribution in [3.05, 3.63) is 89.5 Å². The Morgan fingerprint density at radius 1 is 1.03 bits per heavy atom. The molecular weight excluding hydrogens is 523 g/mol. The summed E-state index contributed by atoms with van der Waals surface area (Å²) >= 11 is 0. The van der Waals surface area contributed by atoms with Gasteiger partial charge >= 0.3 is 6.18 Å². The molecule has 1 aliphatic rings. The quantitative estimate of drug-likeness (QED) is 0.323. The molecular formula is C26H26F3N3O5S. The minimum atomic E-state index is -4.46. The zero-order valence-corrected chi connectivity index (χ0v) is 21.2. The molecule has 0 aliphatic carbocycles. The number of rotatable bonds is 8. The maximum Gasteiger partial charge on any atom is 0.416 e. The Morgan fingerprint density at radius 2 is 1.61 bits per heavy atom. The number of carbonyl (C=O) groups is 1. The third-order valence-corrected chi connectivity index (χ3v) is 7.46. The predicted octanol–water partition coefficient (Wildman–Crippen LogP) is 4.20.